The number of aryl methyl sites for hydroxylation is 2. The average Bonchev–Trinajstić information content (AvgIpc) is 2.59. The van der Waals surface area contributed by atoms with Gasteiger partial charge in [0.1, 0.15) is 17.3 Å². The number of sulfonamides is 1. The molecule has 6 heteroatoms. The zero-order valence-corrected chi connectivity index (χ0v) is 14.9. The van der Waals surface area contributed by atoms with Gasteiger partial charge >= 0.3 is 0 Å². The lowest BCUT2D eigenvalue weighted by Crippen LogP contribution is -2.28. The molecule has 0 bridgehead atoms. The van der Waals surface area contributed by atoms with Crippen LogP contribution in [0.2, 0.25) is 5.02 Å². The third-order valence-electron chi connectivity index (χ3n) is 4.11. The molecule has 1 aliphatic rings. The highest BCUT2D eigenvalue weighted by Crippen LogP contribution is 2.25. The van der Waals surface area contributed by atoms with Gasteiger partial charge in [-0.15, -0.1) is 0 Å². The number of hydrogen-bond acceptors (Lipinski definition) is 3. The molecule has 4 nitrogen and oxygen atoms in total. The standard InChI is InChI=1S/C18H20ClNO3S/c19-17-7-3-4-8-18(17)24(21,22)20-11-12-23-16-10-9-14-5-1-2-6-15(14)13-16/h3-4,7-10,13,20H,1-2,5-6,11-12H2. The average molecular weight is 366 g/mol. The van der Waals surface area contributed by atoms with E-state index in [2.05, 4.69) is 16.9 Å². The molecule has 0 saturated carbocycles. The molecule has 0 fully saturated rings. The minimum atomic E-state index is -3.62. The molecular formula is C18H20ClNO3S. The van der Waals surface area contributed by atoms with Crippen molar-refractivity contribution in [1.82, 2.24) is 4.72 Å². The number of hydrogen-bond donors (Lipinski definition) is 1. The molecule has 3 rings (SSSR count). The van der Waals surface area contributed by atoms with Crippen LogP contribution in [0.5, 0.6) is 5.75 Å². The molecule has 0 heterocycles. The van der Waals surface area contributed by atoms with Gasteiger partial charge in [-0.25, -0.2) is 13.1 Å². The topological polar surface area (TPSA) is 55.4 Å². The van der Waals surface area contributed by atoms with Crippen LogP contribution in [-0.4, -0.2) is 21.6 Å². The number of ether oxygens (including phenoxy) is 1. The SMILES string of the molecule is O=S(=O)(NCCOc1ccc2c(c1)CCCC2)c1ccccc1Cl. The Labute approximate surface area is 147 Å². The first kappa shape index (κ1) is 17.3. The van der Waals surface area contributed by atoms with E-state index in [1.807, 2.05) is 6.07 Å². The van der Waals surface area contributed by atoms with Crippen molar-refractivity contribution in [3.8, 4) is 5.75 Å². The summed E-state index contributed by atoms with van der Waals surface area (Å²) in [7, 11) is -3.62. The number of benzene rings is 2. The van der Waals surface area contributed by atoms with Crippen molar-refractivity contribution in [1.29, 1.82) is 0 Å². The number of rotatable bonds is 6. The normalized spacial score (nSPS) is 14.2. The van der Waals surface area contributed by atoms with Gasteiger partial charge in [0, 0.05) is 6.54 Å². The predicted octanol–water partition coefficient (Wildman–Crippen LogP) is 3.58. The summed E-state index contributed by atoms with van der Waals surface area (Å²) in [5.74, 6) is 0.785. The fourth-order valence-corrected chi connectivity index (χ4v) is 4.42. The van der Waals surface area contributed by atoms with Gasteiger partial charge in [-0.05, 0) is 61.1 Å². The third-order valence-corrected chi connectivity index (χ3v) is 6.07. The van der Waals surface area contributed by atoms with Gasteiger partial charge in [-0.3, -0.25) is 0 Å². The Bertz CT molecular complexity index is 821. The van der Waals surface area contributed by atoms with Gasteiger partial charge in [0.05, 0.1) is 5.02 Å². The molecule has 1 N–H and O–H groups in total. The molecule has 0 radical (unpaired) electrons. The second kappa shape index (κ2) is 7.55. The molecule has 0 saturated heterocycles. The van der Waals surface area contributed by atoms with Gasteiger partial charge in [0.15, 0.2) is 0 Å². The van der Waals surface area contributed by atoms with E-state index in [9.17, 15) is 8.42 Å². The van der Waals surface area contributed by atoms with Crippen LogP contribution in [0.25, 0.3) is 0 Å². The summed E-state index contributed by atoms with van der Waals surface area (Å²) in [6.45, 7) is 0.451. The van der Waals surface area contributed by atoms with E-state index in [4.69, 9.17) is 16.3 Å². The van der Waals surface area contributed by atoms with Gasteiger partial charge in [0.25, 0.3) is 0 Å². The minimum Gasteiger partial charge on any atom is -0.492 e. The van der Waals surface area contributed by atoms with Gasteiger partial charge in [0.2, 0.25) is 10.0 Å². The van der Waals surface area contributed by atoms with Crippen LogP contribution < -0.4 is 9.46 Å². The van der Waals surface area contributed by atoms with Crippen molar-refractivity contribution in [2.75, 3.05) is 13.2 Å². The molecule has 0 unspecified atom stereocenters. The zero-order chi connectivity index (χ0) is 17.0. The van der Waals surface area contributed by atoms with Crippen LogP contribution in [0, 0.1) is 0 Å². The Hall–Kier alpha value is -1.56. The summed E-state index contributed by atoms with van der Waals surface area (Å²) in [5, 5.41) is 0.209. The van der Waals surface area contributed by atoms with Crippen LogP contribution in [0.4, 0.5) is 0 Å². The minimum absolute atomic E-state index is 0.0837. The highest BCUT2D eigenvalue weighted by Gasteiger charge is 2.16. The number of halogens is 1. The fraction of sp³-hybridized carbons (Fsp3) is 0.333. The zero-order valence-electron chi connectivity index (χ0n) is 13.3. The maximum absolute atomic E-state index is 12.2. The largest absolute Gasteiger partial charge is 0.492 e. The summed E-state index contributed by atoms with van der Waals surface area (Å²) in [6, 6.07) is 12.5. The summed E-state index contributed by atoms with van der Waals surface area (Å²) in [4.78, 5) is 0.0837. The molecule has 128 valence electrons. The first-order valence-electron chi connectivity index (χ1n) is 8.05. The molecular weight excluding hydrogens is 346 g/mol. The third kappa shape index (κ3) is 4.09. The van der Waals surface area contributed by atoms with E-state index in [0.717, 1.165) is 18.6 Å². The number of nitrogens with one attached hydrogen (secondary N) is 1. The van der Waals surface area contributed by atoms with E-state index in [1.165, 1.54) is 30.0 Å². The van der Waals surface area contributed by atoms with E-state index in [-0.39, 0.29) is 23.1 Å². The Balaban J connectivity index is 1.55. The van der Waals surface area contributed by atoms with Crippen molar-refractivity contribution >= 4 is 21.6 Å². The predicted molar refractivity (Wildman–Crippen MR) is 95.2 cm³/mol. The smallest absolute Gasteiger partial charge is 0.242 e. The summed E-state index contributed by atoms with van der Waals surface area (Å²) in [6.07, 6.45) is 4.68. The van der Waals surface area contributed by atoms with Gasteiger partial charge < -0.3 is 4.74 Å². The van der Waals surface area contributed by atoms with Crippen molar-refractivity contribution in [2.24, 2.45) is 0 Å². The van der Waals surface area contributed by atoms with Crippen LogP contribution in [0.15, 0.2) is 47.4 Å². The lowest BCUT2D eigenvalue weighted by atomic mass is 9.92. The van der Waals surface area contributed by atoms with Crippen LogP contribution >= 0.6 is 11.6 Å². The van der Waals surface area contributed by atoms with Crippen molar-refractivity contribution in [3.05, 3.63) is 58.6 Å². The molecule has 2 aromatic rings. The second-order valence-corrected chi connectivity index (χ2v) is 7.96. The maximum atomic E-state index is 12.2. The first-order valence-corrected chi connectivity index (χ1v) is 9.91. The van der Waals surface area contributed by atoms with Crippen LogP contribution in [0.3, 0.4) is 0 Å². The van der Waals surface area contributed by atoms with Crippen molar-refractivity contribution < 1.29 is 13.2 Å². The summed E-state index contributed by atoms with van der Waals surface area (Å²) < 4.78 is 32.6. The molecule has 1 aliphatic carbocycles. The van der Waals surface area contributed by atoms with E-state index in [1.54, 1.807) is 18.2 Å². The lowest BCUT2D eigenvalue weighted by Gasteiger charge is -2.17. The molecule has 2 aromatic carbocycles. The molecule has 0 amide bonds. The lowest BCUT2D eigenvalue weighted by molar-refractivity contribution is 0.322. The van der Waals surface area contributed by atoms with Crippen molar-refractivity contribution in [2.45, 2.75) is 30.6 Å². The van der Waals surface area contributed by atoms with Crippen molar-refractivity contribution in [3.63, 3.8) is 0 Å². The molecule has 0 spiro atoms. The Morgan fingerprint density at radius 3 is 2.58 bits per heavy atom. The fourth-order valence-electron chi connectivity index (χ4n) is 2.88. The molecule has 0 aliphatic heterocycles. The molecule has 24 heavy (non-hydrogen) atoms. The summed E-state index contributed by atoms with van der Waals surface area (Å²) >= 11 is 5.93. The highest BCUT2D eigenvalue weighted by molar-refractivity contribution is 7.89. The Kier molecular flexibility index (Phi) is 5.43. The Morgan fingerprint density at radius 2 is 1.79 bits per heavy atom. The molecule has 0 aromatic heterocycles. The van der Waals surface area contributed by atoms with Crippen LogP contribution in [-0.2, 0) is 22.9 Å². The first-order chi connectivity index (χ1) is 11.6. The van der Waals surface area contributed by atoms with E-state index in [0.29, 0.717) is 0 Å². The van der Waals surface area contributed by atoms with Gasteiger partial charge in [-0.2, -0.15) is 0 Å². The number of fused-ring (bicyclic) bond motifs is 1. The highest BCUT2D eigenvalue weighted by atomic mass is 35.5. The van der Waals surface area contributed by atoms with E-state index >= 15 is 0 Å². The summed E-state index contributed by atoms with van der Waals surface area (Å²) in [5.41, 5.74) is 2.74. The maximum Gasteiger partial charge on any atom is 0.242 e. The second-order valence-electron chi connectivity index (χ2n) is 5.81. The monoisotopic (exact) mass is 365 g/mol. The van der Waals surface area contributed by atoms with Crippen LogP contribution in [0.1, 0.15) is 24.0 Å². The van der Waals surface area contributed by atoms with E-state index < -0.39 is 10.0 Å². The van der Waals surface area contributed by atoms with Gasteiger partial charge in [-0.1, -0.05) is 29.8 Å². The molecule has 0 atom stereocenters. The Morgan fingerprint density at radius 1 is 1.04 bits per heavy atom. The quantitative estimate of drug-likeness (QED) is 0.796.